The molecule has 1 heterocycles. The molecule has 0 aliphatic rings. The van der Waals surface area contributed by atoms with Gasteiger partial charge < -0.3 is 17.0 Å². The maximum absolute atomic E-state index is 2.46. The average Bonchev–Trinajstić information content (AvgIpc) is 3.28. The first-order valence-corrected chi connectivity index (χ1v) is 13.5. The molecule has 0 aliphatic carbocycles. The van der Waals surface area contributed by atoms with Crippen LogP contribution in [0.1, 0.15) is 22.5 Å². The number of fused-ring (bicyclic) bond motifs is 3. The van der Waals surface area contributed by atoms with Crippen LogP contribution >= 0.6 is 0 Å². The molecule has 0 amide bonds. The van der Waals surface area contributed by atoms with E-state index in [1.165, 1.54) is 55.1 Å². The van der Waals surface area contributed by atoms with Crippen molar-refractivity contribution in [3.63, 3.8) is 0 Å². The molecule has 2 nitrogen and oxygen atoms in total. The fraction of sp³-hybridized carbons (Fsp3) is 0.0541. The third-order valence-corrected chi connectivity index (χ3v) is 7.55. The standard InChI is InChI=1S/C37H29N2.BrH/c1-2-10-28(11-3-1)20-23-37-38(26-29-18-21-31-12-4-6-14-33(31)24-29)35-16-8-9-17-36(35)39(37)27-30-19-22-32-13-5-7-15-34(32)25-30;/h1-25H,26-27H2;1H/q+1;/p-1/b23-20+;. The van der Waals surface area contributed by atoms with Crippen LogP contribution in [-0.4, -0.2) is 4.57 Å². The van der Waals surface area contributed by atoms with Crippen molar-refractivity contribution >= 4 is 44.7 Å². The van der Waals surface area contributed by atoms with E-state index in [0.717, 1.165) is 13.1 Å². The Balaban J connectivity index is 0.00000289. The first kappa shape index (κ1) is 25.8. The van der Waals surface area contributed by atoms with E-state index in [0.29, 0.717) is 0 Å². The predicted molar refractivity (Wildman–Crippen MR) is 164 cm³/mol. The fourth-order valence-electron chi connectivity index (χ4n) is 5.60. The first-order chi connectivity index (χ1) is 19.3. The summed E-state index contributed by atoms with van der Waals surface area (Å²) < 4.78 is 4.92. The van der Waals surface area contributed by atoms with E-state index < -0.39 is 0 Å². The maximum atomic E-state index is 2.46. The summed E-state index contributed by atoms with van der Waals surface area (Å²) in [7, 11) is 0. The highest BCUT2D eigenvalue weighted by molar-refractivity contribution is 5.84. The molecule has 0 radical (unpaired) electrons. The van der Waals surface area contributed by atoms with E-state index in [1.54, 1.807) is 0 Å². The minimum Gasteiger partial charge on any atom is -1.00 e. The van der Waals surface area contributed by atoms with Crippen LogP contribution in [0.3, 0.4) is 0 Å². The zero-order chi connectivity index (χ0) is 26.0. The van der Waals surface area contributed by atoms with E-state index in [4.69, 9.17) is 0 Å². The van der Waals surface area contributed by atoms with Crippen molar-refractivity contribution in [1.29, 1.82) is 0 Å². The van der Waals surface area contributed by atoms with Crippen LogP contribution in [0.15, 0.2) is 140 Å². The van der Waals surface area contributed by atoms with Gasteiger partial charge in [0.2, 0.25) is 0 Å². The van der Waals surface area contributed by atoms with E-state index in [2.05, 4.69) is 161 Å². The van der Waals surface area contributed by atoms with Crippen molar-refractivity contribution in [1.82, 2.24) is 4.57 Å². The number of halogens is 1. The zero-order valence-electron chi connectivity index (χ0n) is 22.1. The Bertz CT molecular complexity index is 1850. The molecule has 194 valence electrons. The van der Waals surface area contributed by atoms with Crippen LogP contribution in [0.2, 0.25) is 0 Å². The van der Waals surface area contributed by atoms with Crippen molar-refractivity contribution < 1.29 is 21.5 Å². The highest BCUT2D eigenvalue weighted by Crippen LogP contribution is 2.23. The number of hydrogen-bond donors (Lipinski definition) is 0. The second-order valence-corrected chi connectivity index (χ2v) is 10.1. The highest BCUT2D eigenvalue weighted by Gasteiger charge is 2.23. The molecule has 40 heavy (non-hydrogen) atoms. The largest absolute Gasteiger partial charge is 1.00 e. The molecule has 3 heteroatoms. The van der Waals surface area contributed by atoms with E-state index in [-0.39, 0.29) is 17.0 Å². The summed E-state index contributed by atoms with van der Waals surface area (Å²) in [5.41, 5.74) is 6.25. The molecule has 0 atom stereocenters. The lowest BCUT2D eigenvalue weighted by atomic mass is 10.1. The molecule has 0 aliphatic heterocycles. The second kappa shape index (κ2) is 11.3. The van der Waals surface area contributed by atoms with Gasteiger partial charge in [-0.15, -0.1) is 0 Å². The van der Waals surface area contributed by atoms with Gasteiger partial charge in [0.1, 0.15) is 13.1 Å². The molecule has 0 N–H and O–H groups in total. The Labute approximate surface area is 245 Å². The summed E-state index contributed by atoms with van der Waals surface area (Å²) in [6.45, 7) is 1.59. The molecule has 0 spiro atoms. The normalized spacial score (nSPS) is 11.4. The molecular formula is C37H29BrN2. The average molecular weight is 582 g/mol. The molecule has 0 fully saturated rings. The van der Waals surface area contributed by atoms with Crippen molar-refractivity contribution in [2.24, 2.45) is 0 Å². The minimum absolute atomic E-state index is 0. The zero-order valence-corrected chi connectivity index (χ0v) is 23.7. The Kier molecular flexibility index (Phi) is 7.31. The van der Waals surface area contributed by atoms with Crippen LogP contribution in [0.4, 0.5) is 0 Å². The van der Waals surface area contributed by atoms with Crippen molar-refractivity contribution in [3.05, 3.63) is 162 Å². The Morgan fingerprint density at radius 1 is 0.525 bits per heavy atom. The van der Waals surface area contributed by atoms with Gasteiger partial charge in [0.25, 0.3) is 5.82 Å². The molecule has 0 unspecified atom stereocenters. The van der Waals surface area contributed by atoms with Crippen LogP contribution in [0.25, 0.3) is 44.7 Å². The highest BCUT2D eigenvalue weighted by atomic mass is 79.9. The second-order valence-electron chi connectivity index (χ2n) is 10.1. The Morgan fingerprint density at radius 3 is 1.82 bits per heavy atom. The lowest BCUT2D eigenvalue weighted by Crippen LogP contribution is -3.00. The van der Waals surface area contributed by atoms with Crippen LogP contribution in [-0.2, 0) is 13.1 Å². The summed E-state index contributed by atoms with van der Waals surface area (Å²) in [5, 5.41) is 5.09. The number of nitrogens with zero attached hydrogens (tertiary/aromatic N) is 2. The molecule has 0 saturated carbocycles. The molecule has 6 aromatic carbocycles. The molecule has 0 saturated heterocycles. The fourth-order valence-corrected chi connectivity index (χ4v) is 5.60. The monoisotopic (exact) mass is 580 g/mol. The third kappa shape index (κ3) is 5.09. The lowest BCUT2D eigenvalue weighted by Gasteiger charge is -2.06. The van der Waals surface area contributed by atoms with Gasteiger partial charge in [0, 0.05) is 6.08 Å². The lowest BCUT2D eigenvalue weighted by molar-refractivity contribution is -0.665. The van der Waals surface area contributed by atoms with Crippen molar-refractivity contribution in [3.8, 4) is 0 Å². The van der Waals surface area contributed by atoms with Crippen LogP contribution < -0.4 is 21.5 Å². The smallest absolute Gasteiger partial charge is 0.283 e. The predicted octanol–water partition coefficient (Wildman–Crippen LogP) is 5.51. The van der Waals surface area contributed by atoms with Gasteiger partial charge in [-0.3, -0.25) is 0 Å². The summed E-state index contributed by atoms with van der Waals surface area (Å²) >= 11 is 0. The number of benzene rings is 6. The van der Waals surface area contributed by atoms with Crippen molar-refractivity contribution in [2.75, 3.05) is 0 Å². The van der Waals surface area contributed by atoms with Gasteiger partial charge in [-0.05, 0) is 68.6 Å². The molecule has 1 aromatic heterocycles. The molecule has 7 rings (SSSR count). The number of imidazole rings is 1. The van der Waals surface area contributed by atoms with Gasteiger partial charge in [0.15, 0.2) is 11.0 Å². The third-order valence-electron chi connectivity index (χ3n) is 7.55. The number of aromatic nitrogens is 2. The summed E-state index contributed by atoms with van der Waals surface area (Å²) in [4.78, 5) is 0. The summed E-state index contributed by atoms with van der Waals surface area (Å²) in [6.07, 6.45) is 4.50. The van der Waals surface area contributed by atoms with Crippen LogP contribution in [0, 0.1) is 0 Å². The number of hydrogen-bond acceptors (Lipinski definition) is 0. The summed E-state index contributed by atoms with van der Waals surface area (Å²) in [6, 6.07) is 50.1. The van der Waals surface area contributed by atoms with Gasteiger partial charge in [0.05, 0.1) is 0 Å². The Hall–Kier alpha value is -4.47. The van der Waals surface area contributed by atoms with Gasteiger partial charge in [-0.2, -0.15) is 0 Å². The van der Waals surface area contributed by atoms with E-state index >= 15 is 0 Å². The SMILES string of the molecule is C(=C\c1n(Cc2ccc3ccccc3c2)c2ccccc2[n+]1Cc1ccc2ccccc2c1)/c1ccccc1.[Br-]. The molecular weight excluding hydrogens is 552 g/mol. The number of para-hydroxylation sites is 2. The van der Waals surface area contributed by atoms with Gasteiger partial charge in [-0.25, -0.2) is 9.13 Å². The quantitative estimate of drug-likeness (QED) is 0.229. The van der Waals surface area contributed by atoms with Gasteiger partial charge >= 0.3 is 0 Å². The minimum atomic E-state index is 0. The van der Waals surface area contributed by atoms with E-state index in [9.17, 15) is 0 Å². The van der Waals surface area contributed by atoms with Gasteiger partial charge in [-0.1, -0.05) is 115 Å². The first-order valence-electron chi connectivity index (χ1n) is 13.5. The Morgan fingerprint density at radius 2 is 1.10 bits per heavy atom. The van der Waals surface area contributed by atoms with Crippen LogP contribution in [0.5, 0.6) is 0 Å². The summed E-state index contributed by atoms with van der Waals surface area (Å²) in [5.74, 6) is 1.18. The number of rotatable bonds is 6. The maximum Gasteiger partial charge on any atom is 0.283 e. The topological polar surface area (TPSA) is 8.81 Å². The molecule has 7 aromatic rings. The van der Waals surface area contributed by atoms with E-state index in [1.807, 2.05) is 0 Å². The molecule has 0 bridgehead atoms. The van der Waals surface area contributed by atoms with Crippen molar-refractivity contribution in [2.45, 2.75) is 13.1 Å².